The van der Waals surface area contributed by atoms with Gasteiger partial charge in [0, 0.05) is 35.6 Å². The zero-order chi connectivity index (χ0) is 23.6. The lowest BCUT2D eigenvalue weighted by molar-refractivity contribution is -0.134. The number of carbonyl (C=O) groups excluding carboxylic acids is 1. The van der Waals surface area contributed by atoms with Gasteiger partial charge in [0.2, 0.25) is 0 Å². The van der Waals surface area contributed by atoms with E-state index in [-0.39, 0.29) is 11.3 Å². The lowest BCUT2D eigenvalue weighted by atomic mass is 9.99. The van der Waals surface area contributed by atoms with Crippen molar-refractivity contribution in [3.05, 3.63) is 83.9 Å². The Morgan fingerprint density at radius 2 is 1.79 bits per heavy atom. The first kappa shape index (κ1) is 22.1. The van der Waals surface area contributed by atoms with Gasteiger partial charge in [-0.3, -0.25) is 0 Å². The quantitative estimate of drug-likeness (QED) is 0.256. The Morgan fingerprint density at radius 3 is 2.48 bits per heavy atom. The normalized spacial score (nSPS) is 11.8. The molecular weight excluding hydrogens is 428 g/mol. The number of aromatic amines is 1. The number of fused-ring (bicyclic) bond motifs is 1. The number of methoxy groups -OCH3 is 1. The molecule has 1 aromatic heterocycles. The van der Waals surface area contributed by atoms with Gasteiger partial charge in [0.15, 0.2) is 5.75 Å². The number of alkyl halides is 2. The molecule has 0 spiro atoms. The zero-order valence-electron chi connectivity index (χ0n) is 17.9. The molecule has 0 bridgehead atoms. The molecule has 2 N–H and O–H groups in total. The molecule has 1 heterocycles. The Hall–Kier alpha value is -4.13. The number of aromatic nitrogens is 1. The topological polar surface area (TPSA) is 71.5 Å². The van der Waals surface area contributed by atoms with Crippen LogP contribution in [0.2, 0.25) is 0 Å². The Kier molecular flexibility index (Phi) is 5.87. The number of esters is 1. The van der Waals surface area contributed by atoms with E-state index in [1.165, 1.54) is 31.4 Å². The maximum absolute atomic E-state index is 14.3. The third kappa shape index (κ3) is 4.72. The fourth-order valence-corrected chi connectivity index (χ4v) is 3.54. The molecule has 4 aromatic rings. The molecule has 0 saturated carbocycles. The highest BCUT2D eigenvalue weighted by Gasteiger charge is 2.30. The minimum absolute atomic E-state index is 0.0395. The minimum Gasteiger partial charge on any atom is -0.508 e. The third-order valence-electron chi connectivity index (χ3n) is 5.12. The van der Waals surface area contributed by atoms with Gasteiger partial charge in [-0.2, -0.15) is 0 Å². The maximum atomic E-state index is 14.3. The molecule has 0 fully saturated rings. The molecule has 33 heavy (non-hydrogen) atoms. The number of nitrogens with one attached hydrogen (secondary N) is 1. The Balaban J connectivity index is 1.79. The fourth-order valence-electron chi connectivity index (χ4n) is 3.54. The van der Waals surface area contributed by atoms with Gasteiger partial charge < -0.3 is 19.6 Å². The lowest BCUT2D eigenvalue weighted by Gasteiger charge is -2.16. The number of H-pyrrole nitrogens is 1. The fraction of sp³-hybridized carbons (Fsp3) is 0.115. The van der Waals surface area contributed by atoms with Crippen LogP contribution in [-0.2, 0) is 15.5 Å². The number of aromatic hydroxyl groups is 1. The van der Waals surface area contributed by atoms with E-state index in [9.17, 15) is 18.7 Å². The Labute approximate surface area is 188 Å². The van der Waals surface area contributed by atoms with Crippen LogP contribution in [0.3, 0.4) is 0 Å². The monoisotopic (exact) mass is 449 g/mol. The van der Waals surface area contributed by atoms with Crippen molar-refractivity contribution in [3.8, 4) is 28.5 Å². The first-order chi connectivity index (χ1) is 15.8. The van der Waals surface area contributed by atoms with E-state index in [1.54, 1.807) is 54.6 Å². The third-order valence-corrected chi connectivity index (χ3v) is 5.12. The number of hydrogen-bond donors (Lipinski definition) is 2. The van der Waals surface area contributed by atoms with Crippen molar-refractivity contribution in [2.24, 2.45) is 0 Å². The number of halogens is 2. The molecule has 0 aliphatic rings. The Morgan fingerprint density at radius 1 is 1.06 bits per heavy atom. The van der Waals surface area contributed by atoms with Gasteiger partial charge in [0.05, 0.1) is 18.3 Å². The average Bonchev–Trinajstić information content (AvgIpc) is 3.14. The molecule has 0 unspecified atom stereocenters. The second kappa shape index (κ2) is 8.78. The number of phenols is 1. The number of carbonyl (C=O) groups is 1. The summed E-state index contributed by atoms with van der Waals surface area (Å²) in [7, 11) is 1.30. The summed E-state index contributed by atoms with van der Waals surface area (Å²) in [6, 6.07) is 17.8. The first-order valence-corrected chi connectivity index (χ1v) is 10.1. The van der Waals surface area contributed by atoms with E-state index < -0.39 is 11.9 Å². The van der Waals surface area contributed by atoms with E-state index in [4.69, 9.17) is 4.74 Å². The molecule has 0 saturated heterocycles. The second-order valence-electron chi connectivity index (χ2n) is 7.52. The van der Waals surface area contributed by atoms with Gasteiger partial charge in [-0.15, -0.1) is 0 Å². The van der Waals surface area contributed by atoms with Crippen LogP contribution in [0.4, 0.5) is 8.78 Å². The van der Waals surface area contributed by atoms with Crippen LogP contribution in [0, 0.1) is 0 Å². The molecule has 0 aliphatic carbocycles. The number of phenolic OH excluding ortho intramolecular Hbond substituents is 1. The van der Waals surface area contributed by atoms with Gasteiger partial charge in [-0.1, -0.05) is 36.4 Å². The summed E-state index contributed by atoms with van der Waals surface area (Å²) in [4.78, 5) is 14.4. The highest BCUT2D eigenvalue weighted by Crippen LogP contribution is 2.44. The summed E-state index contributed by atoms with van der Waals surface area (Å²) in [5.41, 5.74) is 1.84. The smallest absolute Gasteiger partial charge is 0.330 e. The minimum atomic E-state index is -3.07. The molecule has 168 valence electrons. The van der Waals surface area contributed by atoms with Crippen molar-refractivity contribution in [1.82, 2.24) is 4.98 Å². The molecule has 5 nitrogen and oxygen atoms in total. The SMILES string of the molecule is COC(=O)/C=C/c1ccc(Oc2c(-c3ccccc3C(C)(F)F)[nH]c3cc(O)ccc23)cc1. The van der Waals surface area contributed by atoms with Crippen LogP contribution >= 0.6 is 0 Å². The molecule has 0 amide bonds. The molecule has 7 heteroatoms. The van der Waals surface area contributed by atoms with Gasteiger partial charge >= 0.3 is 5.97 Å². The van der Waals surface area contributed by atoms with Crippen molar-refractivity contribution < 1.29 is 28.2 Å². The molecule has 0 atom stereocenters. The summed E-state index contributed by atoms with van der Waals surface area (Å²) >= 11 is 0. The van der Waals surface area contributed by atoms with E-state index in [1.807, 2.05) is 0 Å². The highest BCUT2D eigenvalue weighted by molar-refractivity contribution is 5.96. The van der Waals surface area contributed by atoms with Crippen LogP contribution in [0.5, 0.6) is 17.2 Å². The summed E-state index contributed by atoms with van der Waals surface area (Å²) in [6.45, 7) is 0.849. The second-order valence-corrected chi connectivity index (χ2v) is 7.52. The number of ether oxygens (including phenoxy) is 2. The standard InChI is InChI=1S/C26H21F2NO4/c1-26(27,28)21-6-4-3-5-19(21)24-25(20-13-10-17(30)15-22(20)29-24)33-18-11-7-16(8-12-18)9-14-23(31)32-2/h3-15,29-30H,1-2H3/b14-9+. The summed E-state index contributed by atoms with van der Waals surface area (Å²) in [6.07, 6.45) is 2.91. The molecule has 3 aromatic carbocycles. The van der Waals surface area contributed by atoms with Gasteiger partial charge in [-0.05, 0) is 35.9 Å². The lowest BCUT2D eigenvalue weighted by Crippen LogP contribution is -2.09. The van der Waals surface area contributed by atoms with E-state index in [2.05, 4.69) is 9.72 Å². The number of benzene rings is 3. The van der Waals surface area contributed by atoms with E-state index >= 15 is 0 Å². The van der Waals surface area contributed by atoms with Gasteiger partial charge in [-0.25, -0.2) is 13.6 Å². The van der Waals surface area contributed by atoms with E-state index in [0.29, 0.717) is 33.7 Å². The largest absolute Gasteiger partial charge is 0.508 e. The summed E-state index contributed by atoms with van der Waals surface area (Å²) < 4.78 is 39.4. The van der Waals surface area contributed by atoms with Crippen molar-refractivity contribution in [1.29, 1.82) is 0 Å². The molecule has 0 radical (unpaired) electrons. The van der Waals surface area contributed by atoms with Crippen LogP contribution in [0.1, 0.15) is 18.1 Å². The zero-order valence-corrected chi connectivity index (χ0v) is 17.9. The van der Waals surface area contributed by atoms with Gasteiger partial charge in [0.25, 0.3) is 5.92 Å². The van der Waals surface area contributed by atoms with Crippen LogP contribution in [0.15, 0.2) is 72.8 Å². The molecular formula is C26H21F2NO4. The van der Waals surface area contributed by atoms with Crippen LogP contribution in [-0.4, -0.2) is 23.2 Å². The van der Waals surface area contributed by atoms with Crippen LogP contribution < -0.4 is 4.74 Å². The number of hydrogen-bond acceptors (Lipinski definition) is 4. The predicted octanol–water partition coefficient (Wildman–Crippen LogP) is 6.63. The number of rotatable bonds is 6. The summed E-state index contributed by atoms with van der Waals surface area (Å²) in [5.74, 6) is -2.66. The van der Waals surface area contributed by atoms with E-state index in [0.717, 1.165) is 12.5 Å². The average molecular weight is 449 g/mol. The van der Waals surface area contributed by atoms with Gasteiger partial charge in [0.1, 0.15) is 11.5 Å². The maximum Gasteiger partial charge on any atom is 0.330 e. The van der Waals surface area contributed by atoms with Crippen molar-refractivity contribution in [3.63, 3.8) is 0 Å². The predicted molar refractivity (Wildman–Crippen MR) is 123 cm³/mol. The Bertz CT molecular complexity index is 1330. The first-order valence-electron chi connectivity index (χ1n) is 10.1. The van der Waals surface area contributed by atoms with Crippen molar-refractivity contribution in [2.45, 2.75) is 12.8 Å². The van der Waals surface area contributed by atoms with Crippen molar-refractivity contribution >= 4 is 22.9 Å². The molecule has 4 rings (SSSR count). The highest BCUT2D eigenvalue weighted by atomic mass is 19.3. The van der Waals surface area contributed by atoms with Crippen LogP contribution in [0.25, 0.3) is 28.2 Å². The summed E-state index contributed by atoms with van der Waals surface area (Å²) in [5, 5.41) is 10.5. The molecule has 0 aliphatic heterocycles. The van der Waals surface area contributed by atoms with Crippen molar-refractivity contribution in [2.75, 3.05) is 7.11 Å².